The minimum Gasteiger partial charge on any atom is -0.353 e. The number of carbonyl (C=O) groups excluding carboxylic acids is 2. The predicted molar refractivity (Wildman–Crippen MR) is 87.7 cm³/mol. The lowest BCUT2D eigenvalue weighted by Gasteiger charge is -2.38. The van der Waals surface area contributed by atoms with Crippen molar-refractivity contribution in [3.05, 3.63) is 59.2 Å². The summed E-state index contributed by atoms with van der Waals surface area (Å²) >= 11 is 0. The number of amides is 1. The molecular weight excluding hydrogens is 276 g/mol. The van der Waals surface area contributed by atoms with Crippen LogP contribution in [0.15, 0.2) is 42.5 Å². The molecule has 0 spiro atoms. The topological polar surface area (TPSA) is 40.6 Å². The molecule has 3 rings (SSSR count). The third-order valence-corrected chi connectivity index (χ3v) is 4.07. The van der Waals surface area contributed by atoms with Crippen LogP contribution in [0, 0.1) is 6.92 Å². The molecule has 1 amide bonds. The Hall–Kier alpha value is -2.62. The molecule has 0 N–H and O–H groups in total. The average Bonchev–Trinajstić information content (AvgIpc) is 2.56. The predicted octanol–water partition coefficient (Wildman–Crippen LogP) is 3.25. The SMILES string of the molecule is CCN1CN(c2ccccc2C)C(=O)c2cc(C=O)ccc21. The van der Waals surface area contributed by atoms with E-state index < -0.39 is 0 Å². The van der Waals surface area contributed by atoms with Gasteiger partial charge in [-0.15, -0.1) is 0 Å². The summed E-state index contributed by atoms with van der Waals surface area (Å²) in [5, 5.41) is 0. The number of aryl methyl sites for hydroxylation is 1. The number of rotatable bonds is 3. The van der Waals surface area contributed by atoms with Gasteiger partial charge >= 0.3 is 0 Å². The minimum absolute atomic E-state index is 0.0577. The Morgan fingerprint density at radius 2 is 1.91 bits per heavy atom. The normalized spacial score (nSPS) is 14.0. The lowest BCUT2D eigenvalue weighted by atomic mass is 10.0. The molecule has 0 atom stereocenters. The highest BCUT2D eigenvalue weighted by Gasteiger charge is 2.30. The number of nitrogens with zero attached hydrogens (tertiary/aromatic N) is 2. The van der Waals surface area contributed by atoms with E-state index in [0.29, 0.717) is 17.8 Å². The first-order valence-electron chi connectivity index (χ1n) is 7.37. The first-order valence-corrected chi connectivity index (χ1v) is 7.37. The second-order valence-electron chi connectivity index (χ2n) is 5.41. The zero-order valence-electron chi connectivity index (χ0n) is 12.7. The van der Waals surface area contributed by atoms with E-state index in [1.54, 1.807) is 17.0 Å². The molecule has 0 bridgehead atoms. The largest absolute Gasteiger partial charge is 0.353 e. The number of hydrogen-bond acceptors (Lipinski definition) is 3. The molecule has 0 unspecified atom stereocenters. The summed E-state index contributed by atoms with van der Waals surface area (Å²) in [6.45, 7) is 5.37. The third-order valence-electron chi connectivity index (χ3n) is 4.07. The number of carbonyl (C=O) groups is 2. The van der Waals surface area contributed by atoms with Crippen molar-refractivity contribution in [2.75, 3.05) is 23.0 Å². The summed E-state index contributed by atoms with van der Waals surface area (Å²) < 4.78 is 0. The highest BCUT2D eigenvalue weighted by molar-refractivity contribution is 6.12. The summed E-state index contributed by atoms with van der Waals surface area (Å²) in [4.78, 5) is 27.8. The van der Waals surface area contributed by atoms with E-state index >= 15 is 0 Å². The smallest absolute Gasteiger partial charge is 0.261 e. The quantitative estimate of drug-likeness (QED) is 0.816. The van der Waals surface area contributed by atoms with Crippen LogP contribution in [0.1, 0.15) is 33.2 Å². The maximum Gasteiger partial charge on any atom is 0.261 e. The van der Waals surface area contributed by atoms with E-state index in [9.17, 15) is 9.59 Å². The van der Waals surface area contributed by atoms with Crippen LogP contribution in [-0.2, 0) is 0 Å². The molecule has 0 aromatic heterocycles. The molecule has 4 heteroatoms. The van der Waals surface area contributed by atoms with Crippen molar-refractivity contribution in [3.8, 4) is 0 Å². The van der Waals surface area contributed by atoms with Gasteiger partial charge in [-0.05, 0) is 43.7 Å². The fraction of sp³-hybridized carbons (Fsp3) is 0.222. The van der Waals surface area contributed by atoms with Crippen LogP contribution in [-0.4, -0.2) is 25.4 Å². The van der Waals surface area contributed by atoms with Crippen LogP contribution >= 0.6 is 0 Å². The van der Waals surface area contributed by atoms with Crippen molar-refractivity contribution in [2.45, 2.75) is 13.8 Å². The van der Waals surface area contributed by atoms with E-state index in [0.717, 1.165) is 29.8 Å². The van der Waals surface area contributed by atoms with Crippen LogP contribution in [0.5, 0.6) is 0 Å². The highest BCUT2D eigenvalue weighted by Crippen LogP contribution is 2.32. The summed E-state index contributed by atoms with van der Waals surface area (Å²) in [6.07, 6.45) is 0.774. The zero-order chi connectivity index (χ0) is 15.7. The van der Waals surface area contributed by atoms with Gasteiger partial charge in [0, 0.05) is 17.8 Å². The van der Waals surface area contributed by atoms with Gasteiger partial charge in [0.25, 0.3) is 5.91 Å². The van der Waals surface area contributed by atoms with Gasteiger partial charge in [0.05, 0.1) is 17.9 Å². The Bertz CT molecular complexity index is 740. The highest BCUT2D eigenvalue weighted by atomic mass is 16.2. The van der Waals surface area contributed by atoms with Crippen LogP contribution in [0.25, 0.3) is 0 Å². The van der Waals surface area contributed by atoms with E-state index in [1.165, 1.54) is 0 Å². The molecule has 0 radical (unpaired) electrons. The standard InChI is InChI=1S/C18H18N2O2/c1-3-19-12-20(16-7-5-4-6-13(16)2)18(22)15-10-14(11-21)8-9-17(15)19/h4-11H,3,12H2,1-2H3. The minimum atomic E-state index is -0.0577. The van der Waals surface area contributed by atoms with Gasteiger partial charge in [-0.2, -0.15) is 0 Å². The molecule has 2 aromatic rings. The number of para-hydroxylation sites is 1. The Balaban J connectivity index is 2.11. The molecular formula is C18H18N2O2. The summed E-state index contributed by atoms with van der Waals surface area (Å²) in [6, 6.07) is 13.1. The summed E-state index contributed by atoms with van der Waals surface area (Å²) in [5.41, 5.74) is 3.97. The van der Waals surface area contributed by atoms with Gasteiger partial charge in [-0.1, -0.05) is 18.2 Å². The molecule has 0 aliphatic carbocycles. The van der Waals surface area contributed by atoms with E-state index in [2.05, 4.69) is 11.8 Å². The number of aldehydes is 1. The van der Waals surface area contributed by atoms with Gasteiger partial charge in [0.2, 0.25) is 0 Å². The lowest BCUT2D eigenvalue weighted by molar-refractivity contribution is 0.0982. The van der Waals surface area contributed by atoms with Crippen molar-refractivity contribution >= 4 is 23.6 Å². The first-order chi connectivity index (χ1) is 10.7. The Morgan fingerprint density at radius 1 is 1.14 bits per heavy atom. The van der Waals surface area contributed by atoms with Crippen LogP contribution in [0.2, 0.25) is 0 Å². The molecule has 0 fully saturated rings. The van der Waals surface area contributed by atoms with Crippen molar-refractivity contribution in [2.24, 2.45) is 0 Å². The average molecular weight is 294 g/mol. The maximum absolute atomic E-state index is 12.9. The van der Waals surface area contributed by atoms with Crippen LogP contribution in [0.3, 0.4) is 0 Å². The third kappa shape index (κ3) is 2.26. The van der Waals surface area contributed by atoms with Gasteiger partial charge < -0.3 is 4.90 Å². The van der Waals surface area contributed by atoms with E-state index in [4.69, 9.17) is 0 Å². The molecule has 112 valence electrons. The van der Waals surface area contributed by atoms with Crippen LogP contribution in [0.4, 0.5) is 11.4 Å². The molecule has 4 nitrogen and oxygen atoms in total. The second-order valence-corrected chi connectivity index (χ2v) is 5.41. The Kier molecular flexibility index (Phi) is 3.67. The molecule has 0 saturated carbocycles. The maximum atomic E-state index is 12.9. The van der Waals surface area contributed by atoms with Crippen molar-refractivity contribution in [1.29, 1.82) is 0 Å². The van der Waals surface area contributed by atoms with Gasteiger partial charge in [0.15, 0.2) is 0 Å². The first kappa shape index (κ1) is 14.3. The number of fused-ring (bicyclic) bond motifs is 1. The second kappa shape index (κ2) is 5.64. The molecule has 1 heterocycles. The molecule has 1 aliphatic rings. The van der Waals surface area contributed by atoms with E-state index in [1.807, 2.05) is 37.3 Å². The molecule has 0 saturated heterocycles. The van der Waals surface area contributed by atoms with Crippen molar-refractivity contribution < 1.29 is 9.59 Å². The van der Waals surface area contributed by atoms with Crippen molar-refractivity contribution in [3.63, 3.8) is 0 Å². The monoisotopic (exact) mass is 294 g/mol. The number of hydrogen-bond donors (Lipinski definition) is 0. The van der Waals surface area contributed by atoms with Crippen LogP contribution < -0.4 is 9.80 Å². The Morgan fingerprint density at radius 3 is 2.59 bits per heavy atom. The summed E-state index contributed by atoms with van der Waals surface area (Å²) in [7, 11) is 0. The molecule has 22 heavy (non-hydrogen) atoms. The summed E-state index contributed by atoms with van der Waals surface area (Å²) in [5.74, 6) is -0.0577. The molecule has 1 aliphatic heterocycles. The van der Waals surface area contributed by atoms with E-state index in [-0.39, 0.29) is 5.91 Å². The number of anilines is 2. The Labute approximate surface area is 130 Å². The van der Waals surface area contributed by atoms with Gasteiger partial charge in [-0.3, -0.25) is 14.5 Å². The fourth-order valence-electron chi connectivity index (χ4n) is 2.85. The van der Waals surface area contributed by atoms with Crippen molar-refractivity contribution in [1.82, 2.24) is 0 Å². The van der Waals surface area contributed by atoms with Gasteiger partial charge in [0.1, 0.15) is 6.29 Å². The van der Waals surface area contributed by atoms with Gasteiger partial charge in [-0.25, -0.2) is 0 Å². The lowest BCUT2D eigenvalue weighted by Crippen LogP contribution is -2.47. The molecule has 2 aromatic carbocycles. The zero-order valence-corrected chi connectivity index (χ0v) is 12.7. The number of benzene rings is 2. The fourth-order valence-corrected chi connectivity index (χ4v) is 2.85.